The lowest BCUT2D eigenvalue weighted by atomic mass is 9.87. The summed E-state index contributed by atoms with van der Waals surface area (Å²) in [5.41, 5.74) is 0.781. The highest BCUT2D eigenvalue weighted by Crippen LogP contribution is 2.25. The Morgan fingerprint density at radius 1 is 0.893 bits per heavy atom. The first kappa shape index (κ1) is 20.9. The summed E-state index contributed by atoms with van der Waals surface area (Å²) in [5, 5.41) is 0. The maximum Gasteiger partial charge on any atom is 0.240 e. The molecule has 0 unspecified atom stereocenters. The molecule has 1 fully saturated rings. The fourth-order valence-electron chi connectivity index (χ4n) is 3.32. The Kier molecular flexibility index (Phi) is 6.49. The van der Waals surface area contributed by atoms with Crippen LogP contribution in [-0.2, 0) is 26.6 Å². The Morgan fingerprint density at radius 3 is 2.07 bits per heavy atom. The van der Waals surface area contributed by atoms with Crippen LogP contribution in [0.4, 0.5) is 0 Å². The van der Waals surface area contributed by atoms with Gasteiger partial charge in [0.15, 0.2) is 0 Å². The summed E-state index contributed by atoms with van der Waals surface area (Å²) in [6, 6.07) is 8.64. The van der Waals surface area contributed by atoms with E-state index in [1.54, 1.807) is 24.5 Å². The minimum absolute atomic E-state index is 0.0199. The van der Waals surface area contributed by atoms with E-state index in [0.717, 1.165) is 31.2 Å². The number of sulfonamides is 2. The number of benzene rings is 1. The average Bonchev–Trinajstić information content (AvgIpc) is 2.69. The van der Waals surface area contributed by atoms with Crippen LogP contribution in [0.5, 0.6) is 0 Å². The van der Waals surface area contributed by atoms with Crippen molar-refractivity contribution in [3.63, 3.8) is 0 Å². The van der Waals surface area contributed by atoms with Crippen molar-refractivity contribution in [1.29, 1.82) is 0 Å². The normalized spacial score (nSPS) is 20.8. The van der Waals surface area contributed by atoms with Gasteiger partial charge in [-0.2, -0.15) is 0 Å². The van der Waals surface area contributed by atoms with Gasteiger partial charge in [0, 0.05) is 25.0 Å². The fourth-order valence-corrected chi connectivity index (χ4v) is 5.72. The van der Waals surface area contributed by atoms with Crippen LogP contribution in [0.3, 0.4) is 0 Å². The molecule has 0 bridgehead atoms. The van der Waals surface area contributed by atoms with Crippen molar-refractivity contribution in [3.8, 4) is 0 Å². The molecule has 2 aromatic rings. The molecular weight excluding hydrogens is 398 g/mol. The molecule has 2 atom stereocenters. The lowest BCUT2D eigenvalue weighted by molar-refractivity contribution is 0.310. The molecule has 1 aliphatic carbocycles. The predicted molar refractivity (Wildman–Crippen MR) is 106 cm³/mol. The molecule has 0 spiro atoms. The van der Waals surface area contributed by atoms with Crippen molar-refractivity contribution >= 4 is 20.0 Å². The zero-order chi connectivity index (χ0) is 20.2. The molecule has 2 N–H and O–H groups in total. The summed E-state index contributed by atoms with van der Waals surface area (Å²) in [6.45, 7) is 2.18. The van der Waals surface area contributed by atoms with E-state index < -0.39 is 20.0 Å². The van der Waals surface area contributed by atoms with E-state index in [-0.39, 0.29) is 22.4 Å². The van der Waals surface area contributed by atoms with Crippen LogP contribution < -0.4 is 9.44 Å². The molecule has 1 aromatic heterocycles. The van der Waals surface area contributed by atoms with Crippen LogP contribution in [0.15, 0.2) is 58.6 Å². The predicted octanol–water partition coefficient (Wildman–Crippen LogP) is 2.42. The zero-order valence-corrected chi connectivity index (χ0v) is 17.3. The van der Waals surface area contributed by atoms with E-state index in [2.05, 4.69) is 21.4 Å². The first-order valence-corrected chi connectivity index (χ1v) is 12.3. The van der Waals surface area contributed by atoms with Crippen molar-refractivity contribution in [2.24, 2.45) is 5.92 Å². The van der Waals surface area contributed by atoms with Crippen molar-refractivity contribution in [3.05, 3.63) is 54.4 Å². The van der Waals surface area contributed by atoms with Gasteiger partial charge in [-0.15, -0.1) is 0 Å². The van der Waals surface area contributed by atoms with Crippen molar-refractivity contribution in [2.45, 2.75) is 55.0 Å². The van der Waals surface area contributed by atoms with Crippen LogP contribution in [0, 0.1) is 5.92 Å². The second-order valence-electron chi connectivity index (χ2n) is 7.14. The maximum atomic E-state index is 12.6. The molecule has 1 saturated carbocycles. The summed E-state index contributed by atoms with van der Waals surface area (Å²) in [5.74, 6) is 0.292. The first-order chi connectivity index (χ1) is 13.3. The monoisotopic (exact) mass is 423 g/mol. The third-order valence-corrected chi connectivity index (χ3v) is 8.00. The molecule has 3 rings (SSSR count). The molecule has 0 aliphatic heterocycles. The topological polar surface area (TPSA) is 105 Å². The number of rotatable bonds is 7. The van der Waals surface area contributed by atoms with Gasteiger partial charge in [-0.3, -0.25) is 4.98 Å². The van der Waals surface area contributed by atoms with Crippen LogP contribution in [0.1, 0.15) is 38.2 Å². The molecule has 1 aliphatic rings. The molecule has 9 heteroatoms. The van der Waals surface area contributed by atoms with Gasteiger partial charge in [0.05, 0.1) is 9.79 Å². The summed E-state index contributed by atoms with van der Waals surface area (Å²) in [6.07, 6.45) is 7.14. The second-order valence-corrected chi connectivity index (χ2v) is 10.6. The molecule has 0 saturated heterocycles. The molecule has 1 aromatic carbocycles. The summed E-state index contributed by atoms with van der Waals surface area (Å²) < 4.78 is 55.4. The number of pyridine rings is 1. The Morgan fingerprint density at radius 2 is 1.46 bits per heavy atom. The third kappa shape index (κ3) is 5.16. The van der Waals surface area contributed by atoms with Gasteiger partial charge in [0.1, 0.15) is 0 Å². The van der Waals surface area contributed by atoms with Gasteiger partial charge in [0.25, 0.3) is 0 Å². The fraction of sp³-hybridized carbons (Fsp3) is 0.421. The SMILES string of the molecule is C[C@@H]1CCCC[C@H]1NS(=O)(=O)c1ccc(S(=O)(=O)NCc2ccncc2)cc1. The first-order valence-electron chi connectivity index (χ1n) is 9.29. The molecule has 152 valence electrons. The lowest BCUT2D eigenvalue weighted by Crippen LogP contribution is -2.40. The van der Waals surface area contributed by atoms with E-state index in [1.165, 1.54) is 24.3 Å². The van der Waals surface area contributed by atoms with Gasteiger partial charge in [0.2, 0.25) is 20.0 Å². The number of nitrogens with zero attached hydrogens (tertiary/aromatic N) is 1. The van der Waals surface area contributed by atoms with Gasteiger partial charge in [-0.25, -0.2) is 26.3 Å². The summed E-state index contributed by atoms with van der Waals surface area (Å²) in [7, 11) is -7.42. The maximum absolute atomic E-state index is 12.6. The van der Waals surface area contributed by atoms with Crippen LogP contribution in [0.2, 0.25) is 0 Å². The van der Waals surface area contributed by atoms with Gasteiger partial charge in [-0.05, 0) is 60.7 Å². The van der Waals surface area contributed by atoms with Crippen molar-refractivity contribution in [2.75, 3.05) is 0 Å². The molecule has 7 nitrogen and oxygen atoms in total. The Hall–Kier alpha value is -1.81. The number of aromatic nitrogens is 1. The lowest BCUT2D eigenvalue weighted by Gasteiger charge is -2.29. The molecule has 0 radical (unpaired) electrons. The van der Waals surface area contributed by atoms with Gasteiger partial charge in [-0.1, -0.05) is 19.8 Å². The van der Waals surface area contributed by atoms with E-state index >= 15 is 0 Å². The van der Waals surface area contributed by atoms with Crippen LogP contribution >= 0.6 is 0 Å². The van der Waals surface area contributed by atoms with Crippen LogP contribution in [0.25, 0.3) is 0 Å². The second kappa shape index (κ2) is 8.69. The molecule has 28 heavy (non-hydrogen) atoms. The van der Waals surface area contributed by atoms with Gasteiger partial charge >= 0.3 is 0 Å². The quantitative estimate of drug-likeness (QED) is 0.711. The largest absolute Gasteiger partial charge is 0.265 e. The zero-order valence-electron chi connectivity index (χ0n) is 15.7. The van der Waals surface area contributed by atoms with Crippen molar-refractivity contribution < 1.29 is 16.8 Å². The highest BCUT2D eigenvalue weighted by atomic mass is 32.2. The molecular formula is C19H25N3O4S2. The van der Waals surface area contributed by atoms with E-state index in [4.69, 9.17) is 0 Å². The van der Waals surface area contributed by atoms with Gasteiger partial charge < -0.3 is 0 Å². The van der Waals surface area contributed by atoms with E-state index in [0.29, 0.717) is 5.92 Å². The standard InChI is InChI=1S/C19H25N3O4S2/c1-15-4-2-3-5-19(15)22-28(25,26)18-8-6-17(7-9-18)27(23,24)21-14-16-10-12-20-13-11-16/h6-13,15,19,21-22H,2-5,14H2,1H3/t15-,19-/m1/s1. The Bertz CT molecular complexity index is 991. The molecule has 0 amide bonds. The minimum Gasteiger partial charge on any atom is -0.265 e. The smallest absolute Gasteiger partial charge is 0.240 e. The summed E-state index contributed by atoms with van der Waals surface area (Å²) >= 11 is 0. The van der Waals surface area contributed by atoms with Crippen LogP contribution in [-0.4, -0.2) is 27.9 Å². The number of hydrogen-bond donors (Lipinski definition) is 2. The number of nitrogens with one attached hydrogen (secondary N) is 2. The van der Waals surface area contributed by atoms with E-state index in [9.17, 15) is 16.8 Å². The summed E-state index contributed by atoms with van der Waals surface area (Å²) in [4.78, 5) is 3.97. The Balaban J connectivity index is 1.69. The van der Waals surface area contributed by atoms with Crippen molar-refractivity contribution in [1.82, 2.24) is 14.4 Å². The minimum atomic E-state index is -3.74. The highest BCUT2D eigenvalue weighted by molar-refractivity contribution is 7.90. The van der Waals surface area contributed by atoms with E-state index in [1.807, 2.05) is 0 Å². The number of hydrogen-bond acceptors (Lipinski definition) is 5. The third-order valence-electron chi connectivity index (χ3n) is 5.08. The average molecular weight is 424 g/mol. The molecule has 1 heterocycles. The highest BCUT2D eigenvalue weighted by Gasteiger charge is 2.27. The Labute approximate surface area is 166 Å².